The number of thiophene rings is 1. The van der Waals surface area contributed by atoms with Gasteiger partial charge in [0.15, 0.2) is 0 Å². The first-order valence-electron chi connectivity index (χ1n) is 9.61. The van der Waals surface area contributed by atoms with Crippen LogP contribution in [0, 0.1) is 0 Å². The zero-order valence-corrected chi connectivity index (χ0v) is 19.7. The molecule has 5 rings (SSSR count). The van der Waals surface area contributed by atoms with Crippen LogP contribution in [-0.4, -0.2) is 26.7 Å². The zero-order valence-electron chi connectivity index (χ0n) is 16.0. The standard InChI is InChI=1S/C6H4N2O2S.3C6H5.Sn/c9-6-8-7-5(10-6)4-2-1-3-11-4;3*1-2-4-6-5-3-1;/h1-3H,(H,8,9);3*1-5H;/q;;;;+1/p-1. The van der Waals surface area contributed by atoms with E-state index in [0.717, 1.165) is 15.6 Å². The second-order valence-electron chi connectivity index (χ2n) is 6.87. The van der Waals surface area contributed by atoms with Gasteiger partial charge in [-0.3, -0.25) is 0 Å². The quantitative estimate of drug-likeness (QED) is 0.337. The molecule has 146 valence electrons. The van der Waals surface area contributed by atoms with E-state index in [1.807, 2.05) is 72.1 Å². The van der Waals surface area contributed by atoms with E-state index in [1.54, 1.807) is 2.90 Å². The van der Waals surface area contributed by atoms with Crippen molar-refractivity contribution in [3.63, 3.8) is 0 Å². The average molecular weight is 517 g/mol. The zero-order chi connectivity index (χ0) is 20.4. The van der Waals surface area contributed by atoms with Crippen LogP contribution in [-0.2, 0) is 0 Å². The van der Waals surface area contributed by atoms with Gasteiger partial charge in [0, 0.05) is 0 Å². The summed E-state index contributed by atoms with van der Waals surface area (Å²) in [6.07, 6.45) is 0. The topological polar surface area (TPSA) is 48.0 Å². The van der Waals surface area contributed by atoms with E-state index >= 15 is 0 Å². The molecule has 0 saturated carbocycles. The summed E-state index contributed by atoms with van der Waals surface area (Å²) in [5, 5.41) is 6.75. The molecule has 0 fully saturated rings. The van der Waals surface area contributed by atoms with Gasteiger partial charge in [0.05, 0.1) is 0 Å². The van der Waals surface area contributed by atoms with E-state index in [-0.39, 0.29) is 0 Å². The number of nitrogens with zero attached hydrogens (tertiary/aromatic N) is 2. The van der Waals surface area contributed by atoms with Crippen molar-refractivity contribution in [3.05, 3.63) is 119 Å². The van der Waals surface area contributed by atoms with Crippen molar-refractivity contribution >= 4 is 40.7 Å². The predicted octanol–water partition coefficient (Wildman–Crippen LogP) is 3.08. The summed E-state index contributed by atoms with van der Waals surface area (Å²) in [5.41, 5.74) is 0. The van der Waals surface area contributed by atoms with Crippen LogP contribution in [0.25, 0.3) is 10.8 Å². The van der Waals surface area contributed by atoms with Gasteiger partial charge in [-0.05, 0) is 0 Å². The Morgan fingerprint density at radius 2 is 1.20 bits per heavy atom. The molecule has 3 aromatic carbocycles. The first-order chi connectivity index (χ1) is 14.8. The summed E-state index contributed by atoms with van der Waals surface area (Å²) in [4.78, 5) is 14.1. The number of rotatable bonds is 5. The third kappa shape index (κ3) is 3.14. The third-order valence-corrected chi connectivity index (χ3v) is 18.7. The fourth-order valence-electron chi connectivity index (χ4n) is 3.89. The maximum atomic E-state index is 13.3. The van der Waals surface area contributed by atoms with Crippen molar-refractivity contribution in [2.75, 3.05) is 0 Å². The maximum absolute atomic E-state index is 13.3. The van der Waals surface area contributed by atoms with Crippen LogP contribution in [0.15, 0.2) is 118 Å². The Bertz CT molecular complexity index is 1200. The van der Waals surface area contributed by atoms with E-state index in [9.17, 15) is 4.79 Å². The van der Waals surface area contributed by atoms with Crippen LogP contribution in [0.2, 0.25) is 0 Å². The van der Waals surface area contributed by atoms with Crippen molar-refractivity contribution in [1.29, 1.82) is 0 Å². The van der Waals surface area contributed by atoms with Gasteiger partial charge in [-0.2, -0.15) is 0 Å². The Hall–Kier alpha value is -2.90. The van der Waals surface area contributed by atoms with Crippen LogP contribution in [0.5, 0.6) is 0 Å². The molecule has 6 heteroatoms. The molecular formula is C24H18N2O2SSn. The van der Waals surface area contributed by atoms with E-state index in [4.69, 9.17) is 9.52 Å². The van der Waals surface area contributed by atoms with Gasteiger partial charge in [-0.25, -0.2) is 0 Å². The molecule has 30 heavy (non-hydrogen) atoms. The van der Waals surface area contributed by atoms with Crippen molar-refractivity contribution in [3.8, 4) is 10.8 Å². The van der Waals surface area contributed by atoms with E-state index in [2.05, 4.69) is 36.4 Å². The number of benzene rings is 3. The number of hydrogen-bond donors (Lipinski definition) is 0. The summed E-state index contributed by atoms with van der Waals surface area (Å²) < 4.78 is 10.8. The molecule has 2 heterocycles. The molecule has 0 spiro atoms. The SMILES string of the molecule is O=c1oc(-c2cccs2)n[n]1[Sn]([c]1ccccc1)([c]1ccccc1)[c]1ccccc1. The Morgan fingerprint density at radius 1 is 0.700 bits per heavy atom. The molecule has 0 saturated heterocycles. The fraction of sp³-hybridized carbons (Fsp3) is 0. The van der Waals surface area contributed by atoms with E-state index < -0.39 is 24.4 Å². The van der Waals surface area contributed by atoms with Crippen LogP contribution < -0.4 is 16.5 Å². The minimum atomic E-state index is -4.09. The Balaban J connectivity index is 1.89. The van der Waals surface area contributed by atoms with E-state index in [0.29, 0.717) is 5.89 Å². The van der Waals surface area contributed by atoms with Gasteiger partial charge in [0.1, 0.15) is 0 Å². The first-order valence-corrected chi connectivity index (χ1v) is 16.0. The second-order valence-corrected chi connectivity index (χ2v) is 18.0. The van der Waals surface area contributed by atoms with Gasteiger partial charge in [0.25, 0.3) is 0 Å². The molecule has 0 aliphatic rings. The van der Waals surface area contributed by atoms with Crippen LogP contribution >= 0.6 is 11.3 Å². The van der Waals surface area contributed by atoms with E-state index in [1.165, 1.54) is 11.3 Å². The molecule has 0 amide bonds. The van der Waals surface area contributed by atoms with Crippen molar-refractivity contribution in [2.45, 2.75) is 0 Å². The van der Waals surface area contributed by atoms with Crippen molar-refractivity contribution in [2.24, 2.45) is 0 Å². The summed E-state index contributed by atoms with van der Waals surface area (Å²) >= 11 is -2.58. The third-order valence-electron chi connectivity index (χ3n) is 5.17. The molecule has 0 aliphatic carbocycles. The normalized spacial score (nSPS) is 11.5. The molecule has 0 radical (unpaired) electrons. The van der Waals surface area contributed by atoms with Gasteiger partial charge in [0.2, 0.25) is 0 Å². The summed E-state index contributed by atoms with van der Waals surface area (Å²) in [6, 6.07) is 34.7. The molecule has 0 aliphatic heterocycles. The fourth-order valence-corrected chi connectivity index (χ4v) is 16.9. The van der Waals surface area contributed by atoms with Crippen molar-refractivity contribution in [1.82, 2.24) is 8.00 Å². The second kappa shape index (κ2) is 8.08. The summed E-state index contributed by atoms with van der Waals surface area (Å²) in [6.45, 7) is 0. The Morgan fingerprint density at radius 3 is 1.63 bits per heavy atom. The Kier molecular flexibility index (Phi) is 5.14. The molecule has 5 aromatic rings. The molecule has 2 aromatic heterocycles. The molecule has 0 atom stereocenters. The number of hydrogen-bond acceptors (Lipinski definition) is 4. The molecule has 0 unspecified atom stereocenters. The van der Waals surface area contributed by atoms with Crippen LogP contribution in [0.3, 0.4) is 0 Å². The molecule has 0 N–H and O–H groups in total. The van der Waals surface area contributed by atoms with Gasteiger partial charge >= 0.3 is 183 Å². The predicted molar refractivity (Wildman–Crippen MR) is 123 cm³/mol. The molecule has 4 nitrogen and oxygen atoms in total. The van der Waals surface area contributed by atoms with Gasteiger partial charge in [-0.1, -0.05) is 0 Å². The summed E-state index contributed by atoms with van der Waals surface area (Å²) in [5.74, 6) is -0.0374. The Labute approximate surface area is 182 Å². The monoisotopic (exact) mass is 518 g/mol. The van der Waals surface area contributed by atoms with Gasteiger partial charge < -0.3 is 0 Å². The van der Waals surface area contributed by atoms with Gasteiger partial charge in [-0.15, -0.1) is 0 Å². The number of aromatic nitrogens is 2. The van der Waals surface area contributed by atoms with Crippen LogP contribution in [0.4, 0.5) is 0 Å². The minimum absolute atomic E-state index is 0.374. The summed E-state index contributed by atoms with van der Waals surface area (Å²) in [7, 11) is 0. The van der Waals surface area contributed by atoms with Crippen molar-refractivity contribution < 1.29 is 4.42 Å². The molecular weight excluding hydrogens is 499 g/mol. The first kappa shape index (κ1) is 19.1. The molecule has 0 bridgehead atoms. The average Bonchev–Trinajstić information content (AvgIpc) is 3.47. The van der Waals surface area contributed by atoms with Crippen LogP contribution in [0.1, 0.15) is 0 Å².